The van der Waals surface area contributed by atoms with Crippen molar-refractivity contribution in [3.8, 4) is 0 Å². The number of hydrogen-bond acceptors (Lipinski definition) is 3. The first-order chi connectivity index (χ1) is 6.31. The molecule has 1 aromatic heterocycles. The molecular formula is C9H10ClNO2. The Morgan fingerprint density at radius 1 is 1.62 bits per heavy atom. The molecule has 0 saturated carbocycles. The average molecular weight is 200 g/mol. The molecule has 1 aromatic rings. The summed E-state index contributed by atoms with van der Waals surface area (Å²) in [5, 5.41) is 0.520. The Morgan fingerprint density at radius 3 is 3.23 bits per heavy atom. The summed E-state index contributed by atoms with van der Waals surface area (Å²) < 4.78 is 10.2. The van der Waals surface area contributed by atoms with Gasteiger partial charge in [0.05, 0.1) is 25.5 Å². The molecule has 13 heavy (non-hydrogen) atoms. The number of halogens is 1. The molecule has 3 nitrogen and oxygen atoms in total. The molecule has 0 aromatic carbocycles. The van der Waals surface area contributed by atoms with Crippen molar-refractivity contribution >= 4 is 11.6 Å². The fraction of sp³-hybridized carbons (Fsp3) is 0.444. The van der Waals surface area contributed by atoms with Gasteiger partial charge in [-0.3, -0.25) is 0 Å². The van der Waals surface area contributed by atoms with E-state index in [-0.39, 0.29) is 0 Å². The van der Waals surface area contributed by atoms with Crippen LogP contribution in [-0.2, 0) is 29.3 Å². The minimum absolute atomic E-state index is 0.499. The van der Waals surface area contributed by atoms with E-state index in [0.717, 1.165) is 16.8 Å². The van der Waals surface area contributed by atoms with E-state index < -0.39 is 0 Å². The van der Waals surface area contributed by atoms with E-state index in [1.165, 1.54) is 0 Å². The van der Waals surface area contributed by atoms with Gasteiger partial charge in [-0.2, -0.15) is 0 Å². The van der Waals surface area contributed by atoms with Gasteiger partial charge in [-0.1, -0.05) is 11.6 Å². The lowest BCUT2D eigenvalue weighted by Gasteiger charge is -2.04. The molecule has 0 atom stereocenters. The van der Waals surface area contributed by atoms with Crippen LogP contribution < -0.4 is 0 Å². The van der Waals surface area contributed by atoms with Crippen LogP contribution in [0, 0.1) is 0 Å². The minimum Gasteiger partial charge on any atom is -0.380 e. The quantitative estimate of drug-likeness (QED) is 0.682. The summed E-state index contributed by atoms with van der Waals surface area (Å²) in [4.78, 5) is 4.23. The Morgan fingerprint density at radius 2 is 2.46 bits per heavy atom. The van der Waals surface area contributed by atoms with Gasteiger partial charge in [-0.15, -0.1) is 0 Å². The second-order valence-corrected chi connectivity index (χ2v) is 3.33. The van der Waals surface area contributed by atoms with E-state index >= 15 is 0 Å². The number of rotatable bonds is 2. The van der Waals surface area contributed by atoms with Crippen LogP contribution in [0.25, 0.3) is 0 Å². The zero-order valence-corrected chi connectivity index (χ0v) is 8.10. The van der Waals surface area contributed by atoms with Crippen LogP contribution in [0.3, 0.4) is 0 Å². The van der Waals surface area contributed by atoms with Crippen LogP contribution in [0.15, 0.2) is 6.07 Å². The van der Waals surface area contributed by atoms with Gasteiger partial charge in [0.25, 0.3) is 0 Å². The molecule has 0 bridgehead atoms. The number of methoxy groups -OCH3 is 1. The van der Waals surface area contributed by atoms with Crippen molar-refractivity contribution < 1.29 is 9.47 Å². The summed E-state index contributed by atoms with van der Waals surface area (Å²) in [5.41, 5.74) is 3.00. The van der Waals surface area contributed by atoms with Crippen LogP contribution in [0.2, 0.25) is 5.15 Å². The Bertz CT molecular complexity index is 328. The Hall–Kier alpha value is -0.640. The zero-order chi connectivity index (χ0) is 9.26. The number of aromatic nitrogens is 1. The minimum atomic E-state index is 0.499. The third kappa shape index (κ3) is 1.68. The van der Waals surface area contributed by atoms with Crippen LogP contribution >= 0.6 is 11.6 Å². The molecular weight excluding hydrogens is 190 g/mol. The molecule has 1 aliphatic heterocycles. The van der Waals surface area contributed by atoms with E-state index in [4.69, 9.17) is 21.1 Å². The Labute approximate surface area is 81.6 Å². The molecule has 0 unspecified atom stereocenters. The van der Waals surface area contributed by atoms with Crippen LogP contribution in [-0.4, -0.2) is 12.1 Å². The van der Waals surface area contributed by atoms with E-state index in [0.29, 0.717) is 25.0 Å². The van der Waals surface area contributed by atoms with Crippen molar-refractivity contribution in [2.45, 2.75) is 19.8 Å². The number of nitrogens with zero attached hydrogens (tertiary/aromatic N) is 1. The predicted molar refractivity (Wildman–Crippen MR) is 48.5 cm³/mol. The molecule has 0 spiro atoms. The van der Waals surface area contributed by atoms with E-state index in [1.54, 1.807) is 7.11 Å². The molecule has 0 fully saturated rings. The van der Waals surface area contributed by atoms with Crippen molar-refractivity contribution in [3.63, 3.8) is 0 Å². The molecule has 2 rings (SSSR count). The number of hydrogen-bond donors (Lipinski definition) is 0. The number of fused-ring (bicyclic) bond motifs is 1. The first-order valence-corrected chi connectivity index (χ1v) is 4.43. The highest BCUT2D eigenvalue weighted by molar-refractivity contribution is 6.30. The van der Waals surface area contributed by atoms with Gasteiger partial charge in [-0.05, 0) is 6.07 Å². The molecule has 2 heterocycles. The maximum atomic E-state index is 5.94. The van der Waals surface area contributed by atoms with E-state index in [1.807, 2.05) is 6.07 Å². The van der Waals surface area contributed by atoms with E-state index in [9.17, 15) is 0 Å². The van der Waals surface area contributed by atoms with Gasteiger partial charge in [-0.25, -0.2) is 4.98 Å². The van der Waals surface area contributed by atoms with Gasteiger partial charge < -0.3 is 9.47 Å². The lowest BCUT2D eigenvalue weighted by molar-refractivity contribution is 0.133. The molecule has 0 amide bonds. The molecule has 4 heteroatoms. The Balaban J connectivity index is 2.37. The third-order valence-electron chi connectivity index (χ3n) is 2.01. The summed E-state index contributed by atoms with van der Waals surface area (Å²) >= 11 is 5.94. The number of ether oxygens (including phenoxy) is 2. The molecule has 0 N–H and O–H groups in total. The second kappa shape index (κ2) is 3.62. The fourth-order valence-corrected chi connectivity index (χ4v) is 1.59. The standard InChI is InChI=1S/C9H10ClNO2/c1-12-3-7-2-6-4-13-5-8(6)11-9(7)10/h2H,3-5H2,1H3. The van der Waals surface area contributed by atoms with Gasteiger partial charge in [0.15, 0.2) is 0 Å². The van der Waals surface area contributed by atoms with E-state index in [2.05, 4.69) is 4.98 Å². The number of pyridine rings is 1. The normalized spacial score (nSPS) is 14.6. The van der Waals surface area contributed by atoms with Crippen LogP contribution in [0.1, 0.15) is 16.8 Å². The maximum absolute atomic E-state index is 5.94. The van der Waals surface area contributed by atoms with Crippen molar-refractivity contribution in [2.24, 2.45) is 0 Å². The largest absolute Gasteiger partial charge is 0.380 e. The van der Waals surface area contributed by atoms with Crippen molar-refractivity contribution in [1.29, 1.82) is 0 Å². The lowest BCUT2D eigenvalue weighted by atomic mass is 10.2. The van der Waals surface area contributed by atoms with Gasteiger partial charge >= 0.3 is 0 Å². The second-order valence-electron chi connectivity index (χ2n) is 2.97. The monoisotopic (exact) mass is 199 g/mol. The first kappa shape index (κ1) is 8.94. The molecule has 70 valence electrons. The highest BCUT2D eigenvalue weighted by Gasteiger charge is 2.15. The summed E-state index contributed by atoms with van der Waals surface area (Å²) in [5.74, 6) is 0. The molecule has 0 radical (unpaired) electrons. The first-order valence-electron chi connectivity index (χ1n) is 4.05. The van der Waals surface area contributed by atoms with Gasteiger partial charge in [0, 0.05) is 18.2 Å². The lowest BCUT2D eigenvalue weighted by Crippen LogP contribution is -1.96. The molecule has 0 saturated heterocycles. The summed E-state index contributed by atoms with van der Waals surface area (Å²) in [6, 6.07) is 2.00. The van der Waals surface area contributed by atoms with Gasteiger partial charge in [0.2, 0.25) is 0 Å². The molecule has 0 aliphatic carbocycles. The maximum Gasteiger partial charge on any atom is 0.134 e. The highest BCUT2D eigenvalue weighted by Crippen LogP contribution is 2.23. The van der Waals surface area contributed by atoms with Crippen LogP contribution in [0.4, 0.5) is 0 Å². The summed E-state index contributed by atoms with van der Waals surface area (Å²) in [7, 11) is 1.64. The smallest absolute Gasteiger partial charge is 0.134 e. The average Bonchev–Trinajstić information content (AvgIpc) is 2.52. The van der Waals surface area contributed by atoms with Crippen molar-refractivity contribution in [1.82, 2.24) is 4.98 Å². The Kier molecular flexibility index (Phi) is 2.49. The highest BCUT2D eigenvalue weighted by atomic mass is 35.5. The fourth-order valence-electron chi connectivity index (χ4n) is 1.38. The van der Waals surface area contributed by atoms with Crippen LogP contribution in [0.5, 0.6) is 0 Å². The van der Waals surface area contributed by atoms with Gasteiger partial charge in [0.1, 0.15) is 5.15 Å². The summed E-state index contributed by atoms with van der Waals surface area (Å²) in [6.45, 7) is 1.71. The summed E-state index contributed by atoms with van der Waals surface area (Å²) in [6.07, 6.45) is 0. The zero-order valence-electron chi connectivity index (χ0n) is 7.34. The van der Waals surface area contributed by atoms with Crippen molar-refractivity contribution in [2.75, 3.05) is 7.11 Å². The third-order valence-corrected chi connectivity index (χ3v) is 2.34. The predicted octanol–water partition coefficient (Wildman–Crippen LogP) is 1.91. The topological polar surface area (TPSA) is 31.4 Å². The molecule has 1 aliphatic rings. The SMILES string of the molecule is COCc1cc2c(nc1Cl)COC2. The van der Waals surface area contributed by atoms with Crippen molar-refractivity contribution in [3.05, 3.63) is 28.0 Å².